The van der Waals surface area contributed by atoms with Crippen LogP contribution in [0.3, 0.4) is 0 Å². The van der Waals surface area contributed by atoms with Gasteiger partial charge in [-0.1, -0.05) is 30.0 Å². The van der Waals surface area contributed by atoms with E-state index in [1.165, 1.54) is 22.4 Å². The first-order valence-electron chi connectivity index (χ1n) is 7.13. The Morgan fingerprint density at radius 1 is 1.29 bits per heavy atom. The van der Waals surface area contributed by atoms with Crippen molar-refractivity contribution in [2.24, 2.45) is 7.05 Å². The predicted molar refractivity (Wildman–Crippen MR) is 92.5 cm³/mol. The number of hydrogen-bond donors (Lipinski definition) is 0. The number of fused-ring (bicyclic) bond motifs is 1. The fraction of sp³-hybridized carbons (Fsp3) is 0.188. The number of para-hydroxylation sites is 1. The predicted octanol–water partition coefficient (Wildman–Crippen LogP) is 2.55. The summed E-state index contributed by atoms with van der Waals surface area (Å²) in [5.41, 5.74) is 1.31. The highest BCUT2D eigenvalue weighted by Crippen LogP contribution is 2.21. The molecule has 0 saturated heterocycles. The number of rotatable bonds is 4. The Balaban J connectivity index is 2.13. The van der Waals surface area contributed by atoms with Gasteiger partial charge in [0.2, 0.25) is 0 Å². The summed E-state index contributed by atoms with van der Waals surface area (Å²) in [6.07, 6.45) is 3.71. The van der Waals surface area contributed by atoms with Crippen molar-refractivity contribution in [2.75, 3.05) is 6.26 Å². The number of nitrogens with zero attached hydrogens (tertiary/aromatic N) is 4. The van der Waals surface area contributed by atoms with E-state index in [2.05, 4.69) is 9.97 Å². The molecule has 122 valence electrons. The first-order chi connectivity index (χ1) is 11.5. The van der Waals surface area contributed by atoms with Gasteiger partial charge in [-0.2, -0.15) is 0 Å². The van der Waals surface area contributed by atoms with E-state index in [0.29, 0.717) is 21.9 Å². The Labute approximate surface area is 141 Å². The summed E-state index contributed by atoms with van der Waals surface area (Å²) in [5, 5.41) is 12.5. The summed E-state index contributed by atoms with van der Waals surface area (Å²) >= 11 is 1.40. The van der Waals surface area contributed by atoms with E-state index in [0.717, 1.165) is 5.39 Å². The molecule has 0 bridgehead atoms. The molecule has 8 heteroatoms. The minimum atomic E-state index is -0.436. The lowest BCUT2D eigenvalue weighted by molar-refractivity contribution is -0.385. The standard InChI is InChI=1S/C16H14N4O3S/c1-19-14-12(9-17-16(18-14)24-2)8-11(15(19)21)7-10-5-3-4-6-13(10)20(22)23/h3-6,8-9H,7H2,1-2H3. The van der Waals surface area contributed by atoms with Crippen molar-refractivity contribution in [1.82, 2.24) is 14.5 Å². The molecule has 24 heavy (non-hydrogen) atoms. The zero-order valence-electron chi connectivity index (χ0n) is 13.1. The maximum atomic E-state index is 12.6. The average molecular weight is 342 g/mol. The number of nitro groups is 1. The molecule has 0 atom stereocenters. The quantitative estimate of drug-likeness (QED) is 0.313. The number of aromatic nitrogens is 3. The van der Waals surface area contributed by atoms with Crippen molar-refractivity contribution in [1.29, 1.82) is 0 Å². The van der Waals surface area contributed by atoms with Gasteiger partial charge in [-0.05, 0) is 12.3 Å². The molecular formula is C16H14N4O3S. The molecule has 1 aromatic carbocycles. The fourth-order valence-electron chi connectivity index (χ4n) is 2.57. The van der Waals surface area contributed by atoms with E-state index in [4.69, 9.17) is 0 Å². The number of benzene rings is 1. The smallest absolute Gasteiger partial charge is 0.272 e. The van der Waals surface area contributed by atoms with E-state index in [1.54, 1.807) is 37.5 Å². The Hall–Kier alpha value is -2.74. The highest BCUT2D eigenvalue weighted by molar-refractivity contribution is 7.98. The number of pyridine rings is 1. The Morgan fingerprint density at radius 2 is 2.04 bits per heavy atom. The lowest BCUT2D eigenvalue weighted by Gasteiger charge is -2.09. The molecule has 0 saturated carbocycles. The van der Waals surface area contributed by atoms with Gasteiger partial charge in [0, 0.05) is 42.2 Å². The summed E-state index contributed by atoms with van der Waals surface area (Å²) < 4.78 is 1.46. The van der Waals surface area contributed by atoms with Crippen LogP contribution in [0.4, 0.5) is 5.69 Å². The summed E-state index contributed by atoms with van der Waals surface area (Å²) in [4.78, 5) is 31.9. The van der Waals surface area contributed by atoms with Crippen molar-refractivity contribution < 1.29 is 4.92 Å². The molecule has 0 aliphatic rings. The summed E-state index contributed by atoms with van der Waals surface area (Å²) in [7, 11) is 1.64. The maximum Gasteiger partial charge on any atom is 0.272 e. The first-order valence-corrected chi connectivity index (χ1v) is 8.35. The molecule has 3 rings (SSSR count). The average Bonchev–Trinajstić information content (AvgIpc) is 2.59. The van der Waals surface area contributed by atoms with E-state index >= 15 is 0 Å². The zero-order chi connectivity index (χ0) is 17.3. The first kappa shape index (κ1) is 16.1. The molecule has 0 spiro atoms. The van der Waals surface area contributed by atoms with Gasteiger partial charge in [0.05, 0.1) is 4.92 Å². The highest BCUT2D eigenvalue weighted by atomic mass is 32.2. The molecule has 0 amide bonds. The zero-order valence-corrected chi connectivity index (χ0v) is 13.9. The summed E-state index contributed by atoms with van der Waals surface area (Å²) in [6.45, 7) is 0. The summed E-state index contributed by atoms with van der Waals surface area (Å²) in [6, 6.07) is 8.14. The van der Waals surface area contributed by atoms with E-state index in [-0.39, 0.29) is 17.7 Å². The SMILES string of the molecule is CSc1ncc2cc(Cc3ccccc3[N+](=O)[O-])c(=O)n(C)c2n1. The number of hydrogen-bond acceptors (Lipinski definition) is 6. The van der Waals surface area contributed by atoms with Gasteiger partial charge in [-0.15, -0.1) is 0 Å². The van der Waals surface area contributed by atoms with Crippen LogP contribution in [0.1, 0.15) is 11.1 Å². The molecule has 3 aromatic rings. The van der Waals surface area contributed by atoms with Gasteiger partial charge in [-0.25, -0.2) is 9.97 Å². The molecule has 2 heterocycles. The van der Waals surface area contributed by atoms with Gasteiger partial charge >= 0.3 is 0 Å². The molecular weight excluding hydrogens is 328 g/mol. The Morgan fingerprint density at radius 3 is 2.75 bits per heavy atom. The number of thioether (sulfide) groups is 1. The minimum Gasteiger partial charge on any atom is -0.295 e. The van der Waals surface area contributed by atoms with Crippen LogP contribution in [0.15, 0.2) is 46.5 Å². The molecule has 0 unspecified atom stereocenters. The van der Waals surface area contributed by atoms with Gasteiger partial charge < -0.3 is 0 Å². The van der Waals surface area contributed by atoms with Crippen LogP contribution in [-0.4, -0.2) is 25.7 Å². The summed E-state index contributed by atoms with van der Waals surface area (Å²) in [5.74, 6) is 0. The topological polar surface area (TPSA) is 90.9 Å². The second-order valence-corrected chi connectivity index (χ2v) is 6.01. The Bertz CT molecular complexity index is 1000. The van der Waals surface area contributed by atoms with Crippen molar-refractivity contribution in [3.63, 3.8) is 0 Å². The lowest BCUT2D eigenvalue weighted by Crippen LogP contribution is -2.22. The lowest BCUT2D eigenvalue weighted by atomic mass is 10.0. The minimum absolute atomic E-state index is 0.00799. The molecule has 2 aromatic heterocycles. The van der Waals surface area contributed by atoms with Crippen LogP contribution in [0.25, 0.3) is 11.0 Å². The van der Waals surface area contributed by atoms with Gasteiger partial charge in [-0.3, -0.25) is 19.5 Å². The van der Waals surface area contributed by atoms with Crippen LogP contribution in [-0.2, 0) is 13.5 Å². The molecule has 0 aliphatic carbocycles. The van der Waals surface area contributed by atoms with Crippen LogP contribution in [0, 0.1) is 10.1 Å². The molecule has 0 aliphatic heterocycles. The maximum absolute atomic E-state index is 12.6. The van der Waals surface area contributed by atoms with Crippen molar-refractivity contribution in [3.8, 4) is 0 Å². The molecule has 0 N–H and O–H groups in total. The van der Waals surface area contributed by atoms with Crippen molar-refractivity contribution in [3.05, 3.63) is 68.1 Å². The number of nitro benzene ring substituents is 1. The van der Waals surface area contributed by atoms with Crippen molar-refractivity contribution >= 4 is 28.5 Å². The van der Waals surface area contributed by atoms with Gasteiger partial charge in [0.1, 0.15) is 5.65 Å². The fourth-order valence-corrected chi connectivity index (χ4v) is 2.90. The van der Waals surface area contributed by atoms with E-state index in [1.807, 2.05) is 6.26 Å². The Kier molecular flexibility index (Phi) is 4.30. The second kappa shape index (κ2) is 6.40. The molecule has 0 radical (unpaired) electrons. The third-order valence-electron chi connectivity index (χ3n) is 3.75. The largest absolute Gasteiger partial charge is 0.295 e. The van der Waals surface area contributed by atoms with Crippen LogP contribution in [0.5, 0.6) is 0 Å². The number of aryl methyl sites for hydroxylation is 1. The van der Waals surface area contributed by atoms with E-state index in [9.17, 15) is 14.9 Å². The molecule has 7 nitrogen and oxygen atoms in total. The van der Waals surface area contributed by atoms with Crippen LogP contribution < -0.4 is 5.56 Å². The highest BCUT2D eigenvalue weighted by Gasteiger charge is 2.16. The normalized spacial score (nSPS) is 10.9. The monoisotopic (exact) mass is 342 g/mol. The third-order valence-corrected chi connectivity index (χ3v) is 4.31. The second-order valence-electron chi connectivity index (χ2n) is 5.23. The van der Waals surface area contributed by atoms with Crippen LogP contribution in [0.2, 0.25) is 0 Å². The molecule has 0 fully saturated rings. The van der Waals surface area contributed by atoms with Crippen molar-refractivity contribution in [2.45, 2.75) is 11.6 Å². The van der Waals surface area contributed by atoms with Gasteiger partial charge in [0.15, 0.2) is 5.16 Å². The van der Waals surface area contributed by atoms with Gasteiger partial charge in [0.25, 0.3) is 11.2 Å². The van der Waals surface area contributed by atoms with Crippen LogP contribution >= 0.6 is 11.8 Å². The third kappa shape index (κ3) is 2.88. The van der Waals surface area contributed by atoms with E-state index < -0.39 is 4.92 Å².